The van der Waals surface area contributed by atoms with Crippen LogP contribution in [-0.4, -0.2) is 68.1 Å². The molecule has 2 aromatic heterocycles. The van der Waals surface area contributed by atoms with Crippen molar-refractivity contribution in [1.82, 2.24) is 20.0 Å². The Bertz CT molecular complexity index is 1990. The van der Waals surface area contributed by atoms with Crippen molar-refractivity contribution in [3.63, 3.8) is 0 Å². The van der Waals surface area contributed by atoms with Gasteiger partial charge in [0.2, 0.25) is 0 Å². The lowest BCUT2D eigenvalue weighted by molar-refractivity contribution is -0.385. The van der Waals surface area contributed by atoms with Crippen LogP contribution in [0.3, 0.4) is 0 Å². The first kappa shape index (κ1) is 46.5. The zero-order chi connectivity index (χ0) is 45.1. The summed E-state index contributed by atoms with van der Waals surface area (Å²) in [5.74, 6) is 8.55. The summed E-state index contributed by atoms with van der Waals surface area (Å²) in [7, 11) is 0. The molecule has 0 aromatic carbocycles. The second-order valence-electron chi connectivity index (χ2n) is 22.6. The molecule has 3 N–H and O–H groups in total. The molecule has 8 fully saturated rings. The summed E-state index contributed by atoms with van der Waals surface area (Å²) >= 11 is 3.42. The quantitative estimate of drug-likeness (QED) is 0.136. The summed E-state index contributed by atoms with van der Waals surface area (Å²) in [5.41, 5.74) is -0.665. The Morgan fingerprint density at radius 1 is 0.683 bits per heavy atom. The van der Waals surface area contributed by atoms with Crippen LogP contribution in [-0.2, 0) is 16.1 Å². The summed E-state index contributed by atoms with van der Waals surface area (Å²) in [6, 6.07) is 0. The topological polar surface area (TPSA) is 207 Å². The zero-order valence-electron chi connectivity index (χ0n) is 37.8. The Balaban J connectivity index is 0.000000150. The first-order chi connectivity index (χ1) is 29.8. The summed E-state index contributed by atoms with van der Waals surface area (Å²) < 4.78 is 1.43. The molecule has 0 radical (unpaired) electrons. The molecule has 0 saturated heterocycles. The van der Waals surface area contributed by atoms with Crippen LogP contribution in [0.5, 0.6) is 0 Å². The Morgan fingerprint density at radius 2 is 1.17 bits per heavy atom. The van der Waals surface area contributed by atoms with Gasteiger partial charge in [-0.15, -0.1) is 0 Å². The predicted octanol–water partition coefficient (Wildman–Crippen LogP) is 9.67. The molecule has 2 heterocycles. The van der Waals surface area contributed by atoms with Gasteiger partial charge >= 0.3 is 11.4 Å². The predicted molar refractivity (Wildman–Crippen MR) is 240 cm³/mol. The fraction of sp³-hybridized carbons (Fsp3) is 0.833. The van der Waals surface area contributed by atoms with E-state index in [4.69, 9.17) is 0 Å². The minimum atomic E-state index is -0.510. The number of Topliss-reactive ketones (excluding diaryl/α,β-unsaturated/α-hetero) is 2. The Morgan fingerprint density at radius 3 is 1.60 bits per heavy atom. The Kier molecular flexibility index (Phi) is 13.3. The second-order valence-corrected chi connectivity index (χ2v) is 23.2. The van der Waals surface area contributed by atoms with Crippen molar-refractivity contribution >= 4 is 38.9 Å². The standard InChI is InChI=1S/C24H35N3O4.C21H33BrO2.C3H3N3O2/c1-23(29)9-7-17-15(11-23)3-4-19-18(17)8-10-24(2)20(19)5-6-21(24)22(28)14-26-13-16(12-25-26)27(30)31;1-20(24)9-7-14-13(11-20)3-4-16-15(14)8-10-21(2)17(16)5-6-18(21)19(23)12-22;7-6(8)3-1-4-5-2-3/h12-13,15,17-21,29H,3-11,14H2,1-2H3;13-18,24H,3-12H2,1-2H3;1-2H,(H,4,5)/t15-,17+,18-,19-,20+,21-,23-,24+;13-,14+,15-,16-,17+,18-,20-,21+;/m11./s1. The smallest absolute Gasteiger partial charge is 0.307 e. The normalized spacial score (nSPS) is 43.4. The van der Waals surface area contributed by atoms with Crippen LogP contribution in [0, 0.1) is 102 Å². The number of aromatic amines is 1. The van der Waals surface area contributed by atoms with Crippen molar-refractivity contribution in [1.29, 1.82) is 0 Å². The van der Waals surface area contributed by atoms with Crippen LogP contribution in [0.15, 0.2) is 24.8 Å². The molecule has 15 heteroatoms. The number of nitrogens with one attached hydrogen (secondary N) is 1. The largest absolute Gasteiger partial charge is 0.390 e. The molecule has 10 rings (SSSR count). The maximum absolute atomic E-state index is 13.3. The van der Waals surface area contributed by atoms with Gasteiger partial charge in [0.25, 0.3) is 0 Å². The number of nitrogens with zero attached hydrogens (tertiary/aromatic N) is 5. The van der Waals surface area contributed by atoms with Gasteiger partial charge in [-0.05, 0) is 199 Å². The zero-order valence-corrected chi connectivity index (χ0v) is 39.4. The highest BCUT2D eigenvalue weighted by Crippen LogP contribution is 2.66. The third-order valence-corrected chi connectivity index (χ3v) is 19.8. The molecule has 8 aliphatic carbocycles. The van der Waals surface area contributed by atoms with E-state index in [1.54, 1.807) is 0 Å². The van der Waals surface area contributed by atoms with Crippen LogP contribution in [0.4, 0.5) is 11.4 Å². The van der Waals surface area contributed by atoms with Crippen LogP contribution < -0.4 is 0 Å². The van der Waals surface area contributed by atoms with Crippen molar-refractivity contribution in [3.8, 4) is 0 Å². The summed E-state index contributed by atoms with van der Waals surface area (Å²) in [6.07, 6.45) is 25.7. The van der Waals surface area contributed by atoms with E-state index in [0.717, 1.165) is 105 Å². The molecule has 16 atom stereocenters. The van der Waals surface area contributed by atoms with Crippen molar-refractivity contribution < 1.29 is 29.6 Å². The summed E-state index contributed by atoms with van der Waals surface area (Å²) in [4.78, 5) is 45.5. The van der Waals surface area contributed by atoms with Crippen molar-refractivity contribution in [2.24, 2.45) is 81.8 Å². The molecule has 2 aromatic rings. The molecule has 8 saturated carbocycles. The van der Waals surface area contributed by atoms with Gasteiger partial charge in [0.05, 0.1) is 32.6 Å². The Labute approximate surface area is 380 Å². The highest BCUT2D eigenvalue weighted by molar-refractivity contribution is 9.09. The number of fused-ring (bicyclic) bond motifs is 10. The molecule has 0 spiro atoms. The molecule has 63 heavy (non-hydrogen) atoms. The monoisotopic (exact) mass is 938 g/mol. The number of alkyl halides is 1. The maximum atomic E-state index is 13.3. The molecule has 0 amide bonds. The van der Waals surface area contributed by atoms with E-state index in [1.165, 1.54) is 81.1 Å². The first-order valence-electron chi connectivity index (χ1n) is 24.2. The maximum Gasteiger partial charge on any atom is 0.307 e. The average Bonchev–Trinajstić information content (AvgIpc) is 4.06. The van der Waals surface area contributed by atoms with E-state index < -0.39 is 21.0 Å². The van der Waals surface area contributed by atoms with Gasteiger partial charge < -0.3 is 10.2 Å². The number of carbonyl (C=O) groups is 2. The second kappa shape index (κ2) is 18.0. The highest BCUT2D eigenvalue weighted by atomic mass is 79.9. The molecule has 8 aliphatic rings. The van der Waals surface area contributed by atoms with Gasteiger partial charge in [0.1, 0.15) is 30.9 Å². The molecule has 14 nitrogen and oxygen atoms in total. The lowest BCUT2D eigenvalue weighted by Gasteiger charge is -2.56. The Hall–Kier alpha value is -3.04. The number of aliphatic hydroxyl groups is 2. The highest BCUT2D eigenvalue weighted by Gasteiger charge is 2.60. The number of aromatic nitrogens is 4. The molecular weight excluding hydrogens is 868 g/mol. The number of carbonyl (C=O) groups excluding carboxylic acids is 2. The number of nitro groups is 2. The van der Waals surface area contributed by atoms with Gasteiger partial charge in [-0.2, -0.15) is 10.2 Å². The molecule has 0 aliphatic heterocycles. The number of hydrogen-bond donors (Lipinski definition) is 3. The average molecular weight is 940 g/mol. The summed E-state index contributed by atoms with van der Waals surface area (Å²) in [5, 5.41) is 52.0. The van der Waals surface area contributed by atoms with E-state index >= 15 is 0 Å². The van der Waals surface area contributed by atoms with Crippen LogP contribution in [0.2, 0.25) is 0 Å². The van der Waals surface area contributed by atoms with Gasteiger partial charge in [0, 0.05) is 11.8 Å². The van der Waals surface area contributed by atoms with E-state index in [1.807, 2.05) is 13.8 Å². The molecule has 348 valence electrons. The van der Waals surface area contributed by atoms with E-state index in [9.17, 15) is 40.0 Å². The van der Waals surface area contributed by atoms with Crippen molar-refractivity contribution in [2.45, 2.75) is 161 Å². The minimum Gasteiger partial charge on any atom is -0.390 e. The number of H-pyrrole nitrogens is 1. The number of rotatable bonds is 7. The molecule has 0 unspecified atom stereocenters. The van der Waals surface area contributed by atoms with Gasteiger partial charge in [-0.25, -0.2) is 0 Å². The first-order valence-corrected chi connectivity index (χ1v) is 25.3. The third kappa shape index (κ3) is 9.10. The lowest BCUT2D eigenvalue weighted by Crippen LogP contribution is -2.51. The van der Waals surface area contributed by atoms with Crippen LogP contribution in [0.25, 0.3) is 0 Å². The number of hydrogen-bond acceptors (Lipinski definition) is 10. The fourth-order valence-corrected chi connectivity index (χ4v) is 16.9. The molecular formula is C48H71BrN6O8. The van der Waals surface area contributed by atoms with Crippen LogP contribution >= 0.6 is 15.9 Å². The lowest BCUT2D eigenvalue weighted by atomic mass is 9.49. The van der Waals surface area contributed by atoms with E-state index in [0.29, 0.717) is 34.8 Å². The van der Waals surface area contributed by atoms with Gasteiger partial charge in [0.15, 0.2) is 5.78 Å². The van der Waals surface area contributed by atoms with Crippen LogP contribution in [0.1, 0.15) is 143 Å². The number of halogens is 1. The van der Waals surface area contributed by atoms with E-state index in [-0.39, 0.29) is 40.5 Å². The fourth-order valence-electron chi connectivity index (χ4n) is 16.5. The third-order valence-electron chi connectivity index (χ3n) is 19.2. The van der Waals surface area contributed by atoms with E-state index in [2.05, 4.69) is 45.1 Å². The van der Waals surface area contributed by atoms with Crippen molar-refractivity contribution in [2.75, 3.05) is 5.33 Å². The minimum absolute atomic E-state index is 0.00926. The summed E-state index contributed by atoms with van der Waals surface area (Å²) in [6.45, 7) is 8.96. The number of ketones is 2. The SMILES string of the molecule is C[C@@]1(O)CC[C@H]2[C@H](CC[C@@H]3[C@@H]2CC[C@]2(C)[C@@H](C(=O)CBr)CC[C@@H]32)C1.C[C@@]1(O)CC[C@H]2[C@H](CC[C@@H]3[C@@H]2CC[C@]2(C)[C@@H](C(=O)Cn4cc([N+](=O)[O-])cn4)CC[C@@H]32)C1.O=[N+]([O-])c1cn[nH]c1. The molecule has 0 bridgehead atoms. The van der Waals surface area contributed by atoms with Crippen molar-refractivity contribution in [3.05, 3.63) is 45.0 Å². The van der Waals surface area contributed by atoms with Gasteiger partial charge in [-0.1, -0.05) is 29.8 Å². The van der Waals surface area contributed by atoms with Gasteiger partial charge in [-0.3, -0.25) is 39.6 Å².